The number of rotatable bonds is 3. The van der Waals surface area contributed by atoms with Gasteiger partial charge in [-0.1, -0.05) is 30.5 Å². The lowest BCUT2D eigenvalue weighted by atomic mass is 9.95. The summed E-state index contributed by atoms with van der Waals surface area (Å²) in [5.74, 6) is 1.21. The number of phenols is 1. The second kappa shape index (κ2) is 5.72. The number of likely N-dealkylation sites (tertiary alicyclic amines) is 1. The molecule has 0 bridgehead atoms. The highest BCUT2D eigenvalue weighted by Gasteiger charge is 2.33. The molecule has 3 rings (SSSR count). The molecule has 1 N–H and O–H groups in total. The molecule has 1 aliphatic heterocycles. The van der Waals surface area contributed by atoms with Crippen molar-refractivity contribution in [1.82, 2.24) is 4.90 Å². The molecule has 2 fully saturated rings. The van der Waals surface area contributed by atoms with Crippen LogP contribution in [0.5, 0.6) is 5.75 Å². The number of nitrogens with zero attached hydrogens (tertiary/aromatic N) is 1. The van der Waals surface area contributed by atoms with E-state index in [1.807, 2.05) is 6.07 Å². The van der Waals surface area contributed by atoms with Gasteiger partial charge in [-0.2, -0.15) is 0 Å². The standard InChI is InChI=1S/C16H22ClNO/c17-14-7-3-9-16(19)13(14)11-18-10-4-8-15(18)12-5-1-2-6-12/h3,7,9,12,15,19H,1-2,4-6,8,10-11H2. The zero-order valence-corrected chi connectivity index (χ0v) is 12.1. The molecule has 1 saturated carbocycles. The summed E-state index contributed by atoms with van der Waals surface area (Å²) in [4.78, 5) is 2.54. The summed E-state index contributed by atoms with van der Waals surface area (Å²) >= 11 is 6.23. The lowest BCUT2D eigenvalue weighted by Crippen LogP contribution is -2.34. The molecular weight excluding hydrogens is 258 g/mol. The molecular formula is C16H22ClNO. The first kappa shape index (κ1) is 13.3. The Bertz CT molecular complexity index is 422. The molecule has 1 atom stereocenters. The molecule has 2 nitrogen and oxygen atoms in total. The molecule has 1 heterocycles. The number of halogens is 1. The first-order chi connectivity index (χ1) is 9.25. The van der Waals surface area contributed by atoms with Gasteiger partial charge in [0.25, 0.3) is 0 Å². The summed E-state index contributed by atoms with van der Waals surface area (Å²) in [6.07, 6.45) is 8.16. The maximum atomic E-state index is 9.99. The summed E-state index contributed by atoms with van der Waals surface area (Å²) in [7, 11) is 0. The number of aromatic hydroxyl groups is 1. The Hall–Kier alpha value is -0.730. The Morgan fingerprint density at radius 3 is 2.68 bits per heavy atom. The summed E-state index contributed by atoms with van der Waals surface area (Å²) in [5.41, 5.74) is 0.897. The summed E-state index contributed by atoms with van der Waals surface area (Å²) in [5, 5.41) is 10.7. The lowest BCUT2D eigenvalue weighted by molar-refractivity contribution is 0.181. The smallest absolute Gasteiger partial charge is 0.121 e. The van der Waals surface area contributed by atoms with Crippen LogP contribution in [0, 0.1) is 5.92 Å². The fraction of sp³-hybridized carbons (Fsp3) is 0.625. The van der Waals surface area contributed by atoms with Crippen LogP contribution in [0.15, 0.2) is 18.2 Å². The van der Waals surface area contributed by atoms with Crippen molar-refractivity contribution >= 4 is 11.6 Å². The third kappa shape index (κ3) is 2.75. The van der Waals surface area contributed by atoms with Crippen molar-refractivity contribution in [2.75, 3.05) is 6.54 Å². The molecule has 1 aliphatic carbocycles. The minimum absolute atomic E-state index is 0.338. The van der Waals surface area contributed by atoms with Crippen LogP contribution in [0.1, 0.15) is 44.1 Å². The van der Waals surface area contributed by atoms with Crippen LogP contribution in [-0.2, 0) is 6.54 Å². The first-order valence-corrected chi connectivity index (χ1v) is 7.84. The van der Waals surface area contributed by atoms with E-state index in [0.717, 1.165) is 24.6 Å². The van der Waals surface area contributed by atoms with Crippen molar-refractivity contribution in [2.24, 2.45) is 5.92 Å². The minimum Gasteiger partial charge on any atom is -0.508 e. The zero-order valence-electron chi connectivity index (χ0n) is 11.3. The summed E-state index contributed by atoms with van der Waals surface area (Å²) < 4.78 is 0. The van der Waals surface area contributed by atoms with Gasteiger partial charge in [-0.05, 0) is 50.3 Å². The molecule has 1 aromatic carbocycles. The van der Waals surface area contributed by atoms with Gasteiger partial charge in [0.05, 0.1) is 0 Å². The zero-order chi connectivity index (χ0) is 13.2. The van der Waals surface area contributed by atoms with Crippen LogP contribution >= 0.6 is 11.6 Å². The maximum absolute atomic E-state index is 9.99. The Balaban J connectivity index is 1.74. The average molecular weight is 280 g/mol. The van der Waals surface area contributed by atoms with Crippen molar-refractivity contribution in [3.8, 4) is 5.75 Å². The highest BCUT2D eigenvalue weighted by atomic mass is 35.5. The predicted molar refractivity (Wildman–Crippen MR) is 78.5 cm³/mol. The van der Waals surface area contributed by atoms with E-state index in [4.69, 9.17) is 11.6 Å². The molecule has 3 heteroatoms. The van der Waals surface area contributed by atoms with Gasteiger partial charge in [-0.3, -0.25) is 4.90 Å². The Morgan fingerprint density at radius 2 is 1.95 bits per heavy atom. The SMILES string of the molecule is Oc1cccc(Cl)c1CN1CCCC1C1CCCC1. The maximum Gasteiger partial charge on any atom is 0.121 e. The Kier molecular flexibility index (Phi) is 3.99. The van der Waals surface area contributed by atoms with Crippen LogP contribution in [-0.4, -0.2) is 22.6 Å². The second-order valence-electron chi connectivity index (χ2n) is 5.96. The van der Waals surface area contributed by atoms with Crippen molar-refractivity contribution in [3.05, 3.63) is 28.8 Å². The fourth-order valence-electron chi connectivity index (χ4n) is 3.83. The van der Waals surface area contributed by atoms with E-state index in [9.17, 15) is 5.11 Å². The third-order valence-electron chi connectivity index (χ3n) is 4.81. The molecule has 2 aliphatic rings. The highest BCUT2D eigenvalue weighted by molar-refractivity contribution is 6.31. The van der Waals surface area contributed by atoms with E-state index < -0.39 is 0 Å². The quantitative estimate of drug-likeness (QED) is 0.896. The molecule has 1 unspecified atom stereocenters. The van der Waals surface area contributed by atoms with E-state index >= 15 is 0 Å². The van der Waals surface area contributed by atoms with E-state index in [2.05, 4.69) is 4.90 Å². The molecule has 0 aromatic heterocycles. The van der Waals surface area contributed by atoms with Gasteiger partial charge in [-0.15, -0.1) is 0 Å². The minimum atomic E-state index is 0.338. The van der Waals surface area contributed by atoms with Crippen molar-refractivity contribution in [1.29, 1.82) is 0 Å². The van der Waals surface area contributed by atoms with Crippen LogP contribution in [0.2, 0.25) is 5.02 Å². The Labute approximate surface area is 120 Å². The van der Waals surface area contributed by atoms with E-state index in [-0.39, 0.29) is 0 Å². The molecule has 1 saturated heterocycles. The fourth-order valence-corrected chi connectivity index (χ4v) is 4.06. The van der Waals surface area contributed by atoms with Crippen LogP contribution in [0.25, 0.3) is 0 Å². The van der Waals surface area contributed by atoms with Crippen LogP contribution in [0.4, 0.5) is 0 Å². The second-order valence-corrected chi connectivity index (χ2v) is 6.37. The van der Waals surface area contributed by atoms with Gasteiger partial charge < -0.3 is 5.11 Å². The summed E-state index contributed by atoms with van der Waals surface area (Å²) in [6.45, 7) is 1.94. The van der Waals surface area contributed by atoms with Crippen molar-refractivity contribution in [2.45, 2.75) is 51.1 Å². The van der Waals surface area contributed by atoms with E-state index in [1.165, 1.54) is 38.5 Å². The molecule has 0 radical (unpaired) electrons. The largest absolute Gasteiger partial charge is 0.508 e. The van der Waals surface area contributed by atoms with Gasteiger partial charge in [0.1, 0.15) is 5.75 Å². The van der Waals surface area contributed by atoms with Gasteiger partial charge >= 0.3 is 0 Å². The molecule has 1 aromatic rings. The predicted octanol–water partition coefficient (Wildman–Crippen LogP) is 4.20. The average Bonchev–Trinajstić information content (AvgIpc) is 3.04. The topological polar surface area (TPSA) is 23.5 Å². The van der Waals surface area contributed by atoms with Gasteiger partial charge in [0, 0.05) is 23.2 Å². The highest BCUT2D eigenvalue weighted by Crippen LogP contribution is 2.37. The molecule has 19 heavy (non-hydrogen) atoms. The molecule has 104 valence electrons. The van der Waals surface area contributed by atoms with Gasteiger partial charge in [-0.25, -0.2) is 0 Å². The number of hydrogen-bond acceptors (Lipinski definition) is 2. The van der Waals surface area contributed by atoms with Crippen LogP contribution in [0.3, 0.4) is 0 Å². The van der Waals surface area contributed by atoms with Gasteiger partial charge in [0.15, 0.2) is 0 Å². The Morgan fingerprint density at radius 1 is 1.16 bits per heavy atom. The van der Waals surface area contributed by atoms with Crippen molar-refractivity contribution in [3.63, 3.8) is 0 Å². The lowest BCUT2D eigenvalue weighted by Gasteiger charge is -2.29. The monoisotopic (exact) mass is 279 g/mol. The number of benzene rings is 1. The molecule has 0 spiro atoms. The van der Waals surface area contributed by atoms with Crippen LogP contribution < -0.4 is 0 Å². The van der Waals surface area contributed by atoms with Gasteiger partial charge in [0.2, 0.25) is 0 Å². The molecule has 0 amide bonds. The normalized spacial score (nSPS) is 25.2. The summed E-state index contributed by atoms with van der Waals surface area (Å²) in [6, 6.07) is 6.12. The number of hydrogen-bond donors (Lipinski definition) is 1. The number of phenolic OH excluding ortho intramolecular Hbond substituents is 1. The van der Waals surface area contributed by atoms with E-state index in [1.54, 1.807) is 12.1 Å². The third-order valence-corrected chi connectivity index (χ3v) is 5.17. The van der Waals surface area contributed by atoms with E-state index in [0.29, 0.717) is 16.8 Å². The van der Waals surface area contributed by atoms with Crippen molar-refractivity contribution < 1.29 is 5.11 Å². The first-order valence-electron chi connectivity index (χ1n) is 7.46.